The number of aromatic nitrogens is 2. The molecule has 0 radical (unpaired) electrons. The number of hydrogen-bond donors (Lipinski definition) is 2. The highest BCUT2D eigenvalue weighted by molar-refractivity contribution is 6.03. The van der Waals surface area contributed by atoms with Crippen molar-refractivity contribution in [3.63, 3.8) is 0 Å². The smallest absolute Gasteiger partial charge is 0.291 e. The molecule has 0 spiro atoms. The van der Waals surface area contributed by atoms with E-state index in [9.17, 15) is 9.18 Å². The van der Waals surface area contributed by atoms with Crippen molar-refractivity contribution < 1.29 is 18.5 Å². The van der Waals surface area contributed by atoms with Gasteiger partial charge in [-0.1, -0.05) is 0 Å². The average Bonchev–Trinajstić information content (AvgIpc) is 3.47. The van der Waals surface area contributed by atoms with Crippen molar-refractivity contribution in [1.29, 1.82) is 0 Å². The van der Waals surface area contributed by atoms with Crippen LogP contribution < -0.4 is 15.1 Å². The van der Waals surface area contributed by atoms with Gasteiger partial charge in [0.25, 0.3) is 5.91 Å². The largest absolute Gasteiger partial charge is 0.459 e. The quantitative estimate of drug-likeness (QED) is 0.476. The molecule has 1 amide bonds. The summed E-state index contributed by atoms with van der Waals surface area (Å²) in [5, 5.41) is 2.86. The van der Waals surface area contributed by atoms with Gasteiger partial charge in [-0.3, -0.25) is 4.79 Å². The summed E-state index contributed by atoms with van der Waals surface area (Å²) in [5.41, 5.74) is 3.68. The van der Waals surface area contributed by atoms with E-state index in [1.54, 1.807) is 17.0 Å². The molecule has 1 aliphatic heterocycles. The van der Waals surface area contributed by atoms with E-state index in [4.69, 9.17) is 9.40 Å². The van der Waals surface area contributed by atoms with Crippen LogP contribution in [0.5, 0.6) is 0 Å². The maximum atomic E-state index is 13.2. The van der Waals surface area contributed by atoms with Gasteiger partial charge in [-0.15, -0.1) is 0 Å². The van der Waals surface area contributed by atoms with Crippen molar-refractivity contribution in [3.8, 4) is 0 Å². The minimum atomic E-state index is -0.279. The number of imidazole rings is 1. The summed E-state index contributed by atoms with van der Waals surface area (Å²) in [7, 11) is 2.04. The van der Waals surface area contributed by atoms with Crippen LogP contribution in [0.25, 0.3) is 11.0 Å². The Morgan fingerprint density at radius 1 is 1.15 bits per heavy atom. The van der Waals surface area contributed by atoms with Crippen LogP contribution in [0.3, 0.4) is 0 Å². The van der Waals surface area contributed by atoms with Gasteiger partial charge in [0.1, 0.15) is 11.6 Å². The molecule has 2 aromatic carbocycles. The Kier molecular flexibility index (Phi) is 5.83. The number of carbonyl (C=O) groups excluding carboxylic acids is 1. The Morgan fingerprint density at radius 2 is 1.94 bits per heavy atom. The maximum Gasteiger partial charge on any atom is 0.291 e. The number of anilines is 2. The molecule has 0 saturated carbocycles. The van der Waals surface area contributed by atoms with Gasteiger partial charge in [0.2, 0.25) is 0 Å². The Labute approximate surface area is 191 Å². The zero-order chi connectivity index (χ0) is 22.8. The molecule has 0 unspecified atom stereocenters. The number of benzene rings is 2. The maximum absolute atomic E-state index is 13.2. The summed E-state index contributed by atoms with van der Waals surface area (Å²) >= 11 is 0. The molecule has 0 atom stereocenters. The van der Waals surface area contributed by atoms with Gasteiger partial charge >= 0.3 is 0 Å². The third-order valence-corrected chi connectivity index (χ3v) is 6.34. The number of piperazine rings is 1. The first-order chi connectivity index (χ1) is 16.1. The lowest BCUT2D eigenvalue weighted by molar-refractivity contribution is -0.900. The summed E-state index contributed by atoms with van der Waals surface area (Å²) in [5.74, 6) is 0.837. The minimum Gasteiger partial charge on any atom is -0.459 e. The molecule has 33 heavy (non-hydrogen) atoms. The number of nitrogens with zero attached hydrogens (tertiary/aromatic N) is 3. The Morgan fingerprint density at radius 3 is 2.67 bits per heavy atom. The Hall–Kier alpha value is -3.65. The highest BCUT2D eigenvalue weighted by atomic mass is 19.1. The van der Waals surface area contributed by atoms with Gasteiger partial charge in [0.05, 0.1) is 56.4 Å². The average molecular weight is 449 g/mol. The molecule has 0 bridgehead atoms. The molecule has 2 aromatic heterocycles. The second-order valence-electron chi connectivity index (χ2n) is 8.44. The van der Waals surface area contributed by atoms with E-state index in [0.29, 0.717) is 5.69 Å². The van der Waals surface area contributed by atoms with Crippen molar-refractivity contribution in [2.45, 2.75) is 6.42 Å². The van der Waals surface area contributed by atoms with E-state index in [2.05, 4.69) is 14.8 Å². The molecule has 170 valence electrons. The molecule has 3 heterocycles. The number of amides is 1. The van der Waals surface area contributed by atoms with E-state index in [0.717, 1.165) is 61.7 Å². The lowest BCUT2D eigenvalue weighted by Crippen LogP contribution is -3.15. The molecular weight excluding hydrogens is 421 g/mol. The van der Waals surface area contributed by atoms with Crippen LogP contribution in [0.2, 0.25) is 0 Å². The number of fused-ring (bicyclic) bond motifs is 1. The molecule has 1 saturated heterocycles. The number of aryl methyl sites for hydroxylation is 1. The lowest BCUT2D eigenvalue weighted by Gasteiger charge is -2.33. The second kappa shape index (κ2) is 9.07. The van der Waals surface area contributed by atoms with Crippen LogP contribution in [0.4, 0.5) is 15.8 Å². The molecule has 4 aromatic rings. The molecule has 0 aliphatic carbocycles. The Balaban J connectivity index is 1.19. The third kappa shape index (κ3) is 4.61. The number of nitrogens with one attached hydrogen (secondary N) is 2. The number of rotatable bonds is 6. The summed E-state index contributed by atoms with van der Waals surface area (Å²) < 4.78 is 20.4. The van der Waals surface area contributed by atoms with Crippen LogP contribution in [0, 0.1) is 5.82 Å². The van der Waals surface area contributed by atoms with Crippen LogP contribution in [0.1, 0.15) is 16.4 Å². The summed E-state index contributed by atoms with van der Waals surface area (Å²) in [6, 6.07) is 15.8. The zero-order valence-electron chi connectivity index (χ0n) is 18.6. The molecular formula is C25H27FN5O2+. The first-order valence-corrected chi connectivity index (χ1v) is 11.2. The number of carbonyl (C=O) groups is 1. The molecule has 5 rings (SSSR count). The van der Waals surface area contributed by atoms with Gasteiger partial charge in [0.15, 0.2) is 5.76 Å². The molecule has 8 heteroatoms. The minimum absolute atomic E-state index is 0.197. The lowest BCUT2D eigenvalue weighted by atomic mass is 10.2. The highest BCUT2D eigenvalue weighted by Crippen LogP contribution is 2.21. The van der Waals surface area contributed by atoms with Gasteiger partial charge in [-0.05, 0) is 54.6 Å². The van der Waals surface area contributed by atoms with E-state index < -0.39 is 0 Å². The van der Waals surface area contributed by atoms with E-state index >= 15 is 0 Å². The topological polar surface area (TPSA) is 67.7 Å². The van der Waals surface area contributed by atoms with Crippen LogP contribution in [-0.2, 0) is 13.5 Å². The fraction of sp³-hybridized carbons (Fsp3) is 0.280. The van der Waals surface area contributed by atoms with Crippen LogP contribution >= 0.6 is 0 Å². The molecule has 7 nitrogen and oxygen atoms in total. The van der Waals surface area contributed by atoms with Crippen molar-refractivity contribution in [2.24, 2.45) is 7.05 Å². The number of halogens is 1. The summed E-state index contributed by atoms with van der Waals surface area (Å²) in [6.07, 6.45) is 2.36. The van der Waals surface area contributed by atoms with E-state index in [-0.39, 0.29) is 17.5 Å². The van der Waals surface area contributed by atoms with Crippen molar-refractivity contribution in [1.82, 2.24) is 9.55 Å². The SMILES string of the molecule is Cn1c(CC[NH+]2CCN(c3ccc(F)cc3)CC2)nc2cc(NC(=O)c3ccco3)ccc21. The van der Waals surface area contributed by atoms with Gasteiger partial charge in [-0.25, -0.2) is 9.37 Å². The highest BCUT2D eigenvalue weighted by Gasteiger charge is 2.21. The second-order valence-corrected chi connectivity index (χ2v) is 8.44. The van der Waals surface area contributed by atoms with Gasteiger partial charge in [-0.2, -0.15) is 0 Å². The normalized spacial score (nSPS) is 14.7. The summed E-state index contributed by atoms with van der Waals surface area (Å²) in [4.78, 5) is 20.9. The Bertz CT molecular complexity index is 1240. The van der Waals surface area contributed by atoms with E-state index in [1.165, 1.54) is 18.4 Å². The zero-order valence-corrected chi connectivity index (χ0v) is 18.6. The fourth-order valence-electron chi connectivity index (χ4n) is 4.42. The fourth-order valence-corrected chi connectivity index (χ4v) is 4.42. The van der Waals surface area contributed by atoms with Crippen molar-refractivity contribution in [3.05, 3.63) is 78.3 Å². The first kappa shape index (κ1) is 21.2. The number of hydrogen-bond acceptors (Lipinski definition) is 4. The predicted octanol–water partition coefficient (Wildman–Crippen LogP) is 2.51. The monoisotopic (exact) mass is 448 g/mol. The van der Waals surface area contributed by atoms with Crippen LogP contribution in [0.15, 0.2) is 65.3 Å². The van der Waals surface area contributed by atoms with Gasteiger partial charge in [0, 0.05) is 18.4 Å². The standard InChI is InChI=1S/C25H26FN5O2/c1-29-22-9-6-19(27-25(32)23-3-2-16-33-23)17-21(22)28-24(29)10-11-30-12-14-31(15-13-30)20-7-4-18(26)5-8-20/h2-9,16-17H,10-15H2,1H3,(H,27,32)/p+1. The molecule has 2 N–H and O–H groups in total. The van der Waals surface area contributed by atoms with Crippen LogP contribution in [-0.4, -0.2) is 48.2 Å². The molecule has 1 fully saturated rings. The number of quaternary nitrogens is 1. The third-order valence-electron chi connectivity index (χ3n) is 6.34. The first-order valence-electron chi connectivity index (χ1n) is 11.2. The predicted molar refractivity (Wildman–Crippen MR) is 125 cm³/mol. The van der Waals surface area contributed by atoms with Crippen molar-refractivity contribution >= 4 is 28.3 Å². The summed E-state index contributed by atoms with van der Waals surface area (Å²) in [6.45, 7) is 5.02. The van der Waals surface area contributed by atoms with Gasteiger partial charge < -0.3 is 24.1 Å². The van der Waals surface area contributed by atoms with Crippen molar-refractivity contribution in [2.75, 3.05) is 42.9 Å². The molecule has 1 aliphatic rings. The number of furan rings is 1. The van der Waals surface area contributed by atoms with E-state index in [1.807, 2.05) is 37.4 Å².